The van der Waals surface area contributed by atoms with Gasteiger partial charge in [0.15, 0.2) is 0 Å². The van der Waals surface area contributed by atoms with Crippen LogP contribution in [-0.2, 0) is 5.41 Å². The number of hydrogen-bond donors (Lipinski definition) is 1. The smallest absolute Gasteiger partial charge is 1.00 e. The van der Waals surface area contributed by atoms with E-state index in [1.54, 1.807) is 12.1 Å². The molecule has 1 N–H and O–H groups in total. The molecule has 0 spiro atoms. The molecule has 0 atom stereocenters. The van der Waals surface area contributed by atoms with Crippen molar-refractivity contribution in [1.82, 2.24) is 0 Å². The van der Waals surface area contributed by atoms with Crippen molar-refractivity contribution in [3.63, 3.8) is 0 Å². The van der Waals surface area contributed by atoms with E-state index in [-0.39, 0.29) is 25.7 Å². The number of carboxylic acids is 1. The van der Waals surface area contributed by atoms with Gasteiger partial charge in [-0.2, -0.15) is 0 Å². The summed E-state index contributed by atoms with van der Waals surface area (Å²) in [6.45, 7) is 6.17. The molecule has 1 aromatic carbocycles. The summed E-state index contributed by atoms with van der Waals surface area (Å²) >= 11 is 3.31. The van der Waals surface area contributed by atoms with Gasteiger partial charge in [0.05, 0.1) is 5.56 Å². The van der Waals surface area contributed by atoms with Gasteiger partial charge in [-0.3, -0.25) is 0 Å². The van der Waals surface area contributed by atoms with Crippen LogP contribution in [0.15, 0.2) is 22.7 Å². The van der Waals surface area contributed by atoms with E-state index >= 15 is 0 Å². The van der Waals surface area contributed by atoms with Gasteiger partial charge < -0.3 is 6.53 Å². The maximum atomic E-state index is 10.8. The first-order chi connectivity index (χ1) is 6.30. The second-order valence-corrected chi connectivity index (χ2v) is 5.20. The van der Waals surface area contributed by atoms with Crippen molar-refractivity contribution in [3.8, 4) is 0 Å². The van der Waals surface area contributed by atoms with Crippen LogP contribution in [0.5, 0.6) is 0 Å². The second kappa shape index (κ2) is 5.20. The van der Waals surface area contributed by atoms with Gasteiger partial charge in [-0.05, 0) is 29.2 Å². The van der Waals surface area contributed by atoms with Gasteiger partial charge in [0, 0.05) is 4.47 Å². The van der Waals surface area contributed by atoms with Crippen LogP contribution in [0, 0.1) is 0 Å². The number of hydrogen-bond acceptors (Lipinski definition) is 1. The molecular weight excluding hydrogens is 251 g/mol. The monoisotopic (exact) mass is 264 g/mol. The Bertz CT molecular complexity index is 375. The SMILES string of the molecule is CC(C)(C)c1cc(Br)cc(C(=O)O)c1.[H-].[Li+]. The molecule has 0 radical (unpaired) electrons. The van der Waals surface area contributed by atoms with E-state index in [0.717, 1.165) is 10.0 Å². The minimum Gasteiger partial charge on any atom is -1.00 e. The van der Waals surface area contributed by atoms with E-state index in [9.17, 15) is 4.79 Å². The number of benzene rings is 1. The molecule has 0 aromatic heterocycles. The van der Waals surface area contributed by atoms with Crippen LogP contribution in [0.2, 0.25) is 0 Å². The fraction of sp³-hybridized carbons (Fsp3) is 0.364. The standard InChI is InChI=1S/C11H13BrO2.Li.H/c1-11(2,3)8-4-7(10(13)14)5-9(12)6-8;;/h4-6H,1-3H3,(H,13,14);;/q;+1;-1. The molecule has 15 heavy (non-hydrogen) atoms. The Kier molecular flexibility index (Phi) is 5.12. The molecule has 0 heterocycles. The summed E-state index contributed by atoms with van der Waals surface area (Å²) in [6.07, 6.45) is 0. The van der Waals surface area contributed by atoms with E-state index in [1.165, 1.54) is 0 Å². The van der Waals surface area contributed by atoms with Gasteiger partial charge in [0.2, 0.25) is 0 Å². The average molecular weight is 265 g/mol. The predicted octanol–water partition coefficient (Wildman–Crippen LogP) is 0.561. The molecule has 4 heteroatoms. The quantitative estimate of drug-likeness (QED) is 0.753. The van der Waals surface area contributed by atoms with Gasteiger partial charge in [0.1, 0.15) is 0 Å². The average Bonchev–Trinajstić information content (AvgIpc) is 2.01. The first kappa shape index (κ1) is 14.8. The predicted molar refractivity (Wildman–Crippen MR) is 60.9 cm³/mol. The van der Waals surface area contributed by atoms with Crippen molar-refractivity contribution >= 4 is 21.9 Å². The topological polar surface area (TPSA) is 37.3 Å². The summed E-state index contributed by atoms with van der Waals surface area (Å²) in [4.78, 5) is 10.8. The number of aromatic carboxylic acids is 1. The Labute approximate surface area is 112 Å². The van der Waals surface area contributed by atoms with Gasteiger partial charge in [-0.15, -0.1) is 0 Å². The Morgan fingerprint density at radius 1 is 1.33 bits per heavy atom. The van der Waals surface area contributed by atoms with Crippen LogP contribution in [0.1, 0.15) is 38.1 Å². The molecule has 0 bridgehead atoms. The summed E-state index contributed by atoms with van der Waals surface area (Å²) in [7, 11) is 0. The van der Waals surface area contributed by atoms with Gasteiger partial charge in [0.25, 0.3) is 0 Å². The minimum atomic E-state index is -0.892. The fourth-order valence-electron chi connectivity index (χ4n) is 1.15. The Morgan fingerprint density at radius 3 is 2.27 bits per heavy atom. The summed E-state index contributed by atoms with van der Waals surface area (Å²) in [6, 6.07) is 5.27. The van der Waals surface area contributed by atoms with E-state index in [0.29, 0.717) is 5.56 Å². The molecule has 78 valence electrons. The Balaban J connectivity index is 0. The van der Waals surface area contributed by atoms with Crippen molar-refractivity contribution in [2.75, 3.05) is 0 Å². The van der Waals surface area contributed by atoms with Crippen LogP contribution in [-0.4, -0.2) is 11.1 Å². The van der Waals surface area contributed by atoms with Crippen molar-refractivity contribution < 1.29 is 30.2 Å². The van der Waals surface area contributed by atoms with E-state index in [2.05, 4.69) is 36.7 Å². The number of carboxylic acid groups (broad SMARTS) is 1. The van der Waals surface area contributed by atoms with E-state index in [4.69, 9.17) is 5.11 Å². The molecule has 0 saturated carbocycles. The summed E-state index contributed by atoms with van der Waals surface area (Å²) in [5, 5.41) is 8.88. The van der Waals surface area contributed by atoms with Crippen LogP contribution in [0.25, 0.3) is 0 Å². The Hall–Kier alpha value is -0.233. The zero-order chi connectivity index (χ0) is 10.9. The first-order valence-corrected chi connectivity index (χ1v) is 5.14. The molecule has 1 rings (SSSR count). The largest absolute Gasteiger partial charge is 1.00 e. The van der Waals surface area contributed by atoms with Crippen LogP contribution in [0.3, 0.4) is 0 Å². The molecule has 1 aromatic rings. The maximum Gasteiger partial charge on any atom is 1.00 e. The number of carbonyl (C=O) groups is 1. The molecule has 0 aliphatic heterocycles. The first-order valence-electron chi connectivity index (χ1n) is 4.35. The molecule has 0 aliphatic carbocycles. The van der Waals surface area contributed by atoms with Crippen molar-refractivity contribution in [2.45, 2.75) is 26.2 Å². The number of halogens is 1. The van der Waals surface area contributed by atoms with Crippen LogP contribution < -0.4 is 18.9 Å². The molecule has 0 fully saturated rings. The molecule has 0 aliphatic rings. The van der Waals surface area contributed by atoms with Gasteiger partial charge in [-0.1, -0.05) is 36.7 Å². The third kappa shape index (κ3) is 4.02. The molecule has 0 saturated heterocycles. The molecule has 2 nitrogen and oxygen atoms in total. The Morgan fingerprint density at radius 2 is 1.87 bits per heavy atom. The zero-order valence-corrected chi connectivity index (χ0v) is 11.1. The van der Waals surface area contributed by atoms with Gasteiger partial charge >= 0.3 is 24.8 Å². The molecular formula is C11H14BrLiO2. The van der Waals surface area contributed by atoms with Gasteiger partial charge in [-0.25, -0.2) is 4.79 Å². The number of rotatable bonds is 1. The normalized spacial score (nSPS) is 10.7. The molecule has 0 amide bonds. The summed E-state index contributed by atoms with van der Waals surface area (Å²) < 4.78 is 0.808. The third-order valence-corrected chi connectivity index (χ3v) is 2.47. The summed E-state index contributed by atoms with van der Waals surface area (Å²) in [5.41, 5.74) is 1.31. The summed E-state index contributed by atoms with van der Waals surface area (Å²) in [5.74, 6) is -0.892. The van der Waals surface area contributed by atoms with Crippen LogP contribution >= 0.6 is 15.9 Å². The third-order valence-electron chi connectivity index (χ3n) is 2.01. The van der Waals surface area contributed by atoms with Crippen molar-refractivity contribution in [3.05, 3.63) is 33.8 Å². The van der Waals surface area contributed by atoms with E-state index in [1.807, 2.05) is 6.07 Å². The van der Waals surface area contributed by atoms with Crippen LogP contribution in [0.4, 0.5) is 0 Å². The van der Waals surface area contributed by atoms with Crippen molar-refractivity contribution in [2.24, 2.45) is 0 Å². The maximum absolute atomic E-state index is 10.8. The van der Waals surface area contributed by atoms with Crippen molar-refractivity contribution in [1.29, 1.82) is 0 Å². The second-order valence-electron chi connectivity index (χ2n) is 4.28. The zero-order valence-electron chi connectivity index (χ0n) is 10.5. The molecule has 0 unspecified atom stereocenters. The fourth-order valence-corrected chi connectivity index (χ4v) is 1.64. The van der Waals surface area contributed by atoms with E-state index < -0.39 is 5.97 Å². The minimum absolute atomic E-state index is 0.